The fourth-order valence-corrected chi connectivity index (χ4v) is 5.24. The molecule has 1 saturated heterocycles. The van der Waals surface area contributed by atoms with Gasteiger partial charge in [-0.1, -0.05) is 19.8 Å². The highest BCUT2D eigenvalue weighted by Crippen LogP contribution is 2.28. The van der Waals surface area contributed by atoms with Gasteiger partial charge in [0.25, 0.3) is 10.2 Å². The van der Waals surface area contributed by atoms with Gasteiger partial charge in [0.2, 0.25) is 0 Å². The number of methoxy groups -OCH3 is 1. The van der Waals surface area contributed by atoms with E-state index in [-0.39, 0.29) is 12.6 Å². The minimum Gasteiger partial charge on any atom is -0.468 e. The Balaban J connectivity index is 2.18. The lowest BCUT2D eigenvalue weighted by Gasteiger charge is -2.36. The van der Waals surface area contributed by atoms with Crippen molar-refractivity contribution in [1.82, 2.24) is 8.61 Å². The number of piperidine rings is 1. The van der Waals surface area contributed by atoms with E-state index in [0.717, 1.165) is 38.5 Å². The molecule has 7 heteroatoms. The zero-order valence-corrected chi connectivity index (χ0v) is 13.8. The Hall–Kier alpha value is -0.660. The first-order chi connectivity index (χ1) is 9.95. The smallest absolute Gasteiger partial charge is 0.321 e. The fraction of sp³-hybridized carbons (Fsp3) is 0.929. The van der Waals surface area contributed by atoms with Crippen molar-refractivity contribution in [2.75, 3.05) is 26.7 Å². The third-order valence-electron chi connectivity index (χ3n) is 4.49. The first-order valence-corrected chi connectivity index (χ1v) is 9.18. The van der Waals surface area contributed by atoms with Gasteiger partial charge in [-0.15, -0.1) is 0 Å². The van der Waals surface area contributed by atoms with E-state index in [1.807, 2.05) is 0 Å². The summed E-state index contributed by atoms with van der Waals surface area (Å²) < 4.78 is 33.4. The highest BCUT2D eigenvalue weighted by atomic mass is 32.2. The molecule has 6 nitrogen and oxygen atoms in total. The van der Waals surface area contributed by atoms with Crippen molar-refractivity contribution in [1.29, 1.82) is 0 Å². The van der Waals surface area contributed by atoms with Gasteiger partial charge in [0.1, 0.15) is 6.54 Å². The van der Waals surface area contributed by atoms with Gasteiger partial charge in [-0.05, 0) is 31.6 Å². The van der Waals surface area contributed by atoms with E-state index >= 15 is 0 Å². The molecule has 2 aliphatic rings. The minimum absolute atomic E-state index is 0.0636. The summed E-state index contributed by atoms with van der Waals surface area (Å²) in [6, 6.07) is -0.0636. The molecule has 0 aromatic heterocycles. The molecule has 1 aliphatic heterocycles. The number of rotatable bonds is 5. The van der Waals surface area contributed by atoms with E-state index in [9.17, 15) is 13.2 Å². The van der Waals surface area contributed by atoms with Gasteiger partial charge < -0.3 is 4.74 Å². The maximum Gasteiger partial charge on any atom is 0.321 e. The molecular weight excluding hydrogens is 292 g/mol. The molecule has 21 heavy (non-hydrogen) atoms. The largest absolute Gasteiger partial charge is 0.468 e. The summed E-state index contributed by atoms with van der Waals surface area (Å²) in [7, 11) is -2.28. The van der Waals surface area contributed by atoms with Crippen LogP contribution in [0.5, 0.6) is 0 Å². The summed E-state index contributed by atoms with van der Waals surface area (Å²) in [6.07, 6.45) is 5.66. The van der Waals surface area contributed by atoms with E-state index in [4.69, 9.17) is 0 Å². The van der Waals surface area contributed by atoms with Crippen molar-refractivity contribution >= 4 is 16.2 Å². The van der Waals surface area contributed by atoms with Crippen LogP contribution in [0.3, 0.4) is 0 Å². The number of nitrogens with zero attached hydrogens (tertiary/aromatic N) is 2. The Labute approximate surface area is 127 Å². The van der Waals surface area contributed by atoms with Crippen molar-refractivity contribution in [3.63, 3.8) is 0 Å². The van der Waals surface area contributed by atoms with Crippen LogP contribution in [-0.2, 0) is 19.7 Å². The molecular formula is C14H26N2O4S. The number of carbonyl (C=O) groups excluding carboxylic acids is 1. The number of hydrogen-bond acceptors (Lipinski definition) is 4. The van der Waals surface area contributed by atoms with Gasteiger partial charge in [0.15, 0.2) is 0 Å². The Morgan fingerprint density at radius 3 is 2.48 bits per heavy atom. The molecule has 0 aromatic carbocycles. The molecule has 1 unspecified atom stereocenters. The molecule has 0 N–H and O–H groups in total. The van der Waals surface area contributed by atoms with Gasteiger partial charge in [-0.25, -0.2) is 0 Å². The zero-order chi connectivity index (χ0) is 15.5. The quantitative estimate of drug-likeness (QED) is 0.718. The maximum atomic E-state index is 12.9. The van der Waals surface area contributed by atoms with E-state index < -0.39 is 16.2 Å². The molecule has 0 aromatic rings. The van der Waals surface area contributed by atoms with Crippen LogP contribution < -0.4 is 0 Å². The molecule has 1 saturated carbocycles. The fourth-order valence-electron chi connectivity index (χ4n) is 3.29. The van der Waals surface area contributed by atoms with Crippen molar-refractivity contribution in [2.45, 2.75) is 51.5 Å². The standard InChI is InChI=1S/C14H26N2O4S/c1-12-6-5-9-15(10-12)21(18,19)16(11-14(17)20-2)13-7-3-4-8-13/h12-13H,3-11H2,1-2H3. The van der Waals surface area contributed by atoms with Crippen molar-refractivity contribution in [3.8, 4) is 0 Å². The second-order valence-electron chi connectivity index (χ2n) is 6.17. The summed E-state index contributed by atoms with van der Waals surface area (Å²) in [5.41, 5.74) is 0. The van der Waals surface area contributed by atoms with Crippen molar-refractivity contribution < 1.29 is 17.9 Å². The molecule has 122 valence electrons. The lowest BCUT2D eigenvalue weighted by molar-refractivity contribution is -0.141. The lowest BCUT2D eigenvalue weighted by Crippen LogP contribution is -2.52. The van der Waals surface area contributed by atoms with Crippen LogP contribution in [0.1, 0.15) is 45.4 Å². The van der Waals surface area contributed by atoms with Gasteiger partial charge in [0, 0.05) is 19.1 Å². The number of esters is 1. The first kappa shape index (κ1) is 16.7. The summed E-state index contributed by atoms with van der Waals surface area (Å²) in [6.45, 7) is 3.00. The second kappa shape index (κ2) is 7.07. The Bertz CT molecular complexity index is 460. The molecule has 2 rings (SSSR count). The SMILES string of the molecule is COC(=O)CN(C1CCCC1)S(=O)(=O)N1CCCC(C)C1. The van der Waals surface area contributed by atoms with E-state index in [2.05, 4.69) is 11.7 Å². The van der Waals surface area contributed by atoms with Crippen LogP contribution in [0.4, 0.5) is 0 Å². The molecule has 1 atom stereocenters. The van der Waals surface area contributed by atoms with Gasteiger partial charge >= 0.3 is 5.97 Å². The third-order valence-corrected chi connectivity index (χ3v) is 6.49. The zero-order valence-electron chi connectivity index (χ0n) is 13.0. The molecule has 1 aliphatic carbocycles. The van der Waals surface area contributed by atoms with Crippen molar-refractivity contribution in [2.24, 2.45) is 5.92 Å². The Kier molecular flexibility index (Phi) is 5.62. The predicted octanol–water partition coefficient (Wildman–Crippen LogP) is 1.38. The van der Waals surface area contributed by atoms with Crippen molar-refractivity contribution in [3.05, 3.63) is 0 Å². The number of hydrogen-bond donors (Lipinski definition) is 0. The van der Waals surface area contributed by atoms with Crippen LogP contribution in [-0.4, -0.2) is 55.8 Å². The van der Waals surface area contributed by atoms with E-state index in [0.29, 0.717) is 19.0 Å². The molecule has 0 bridgehead atoms. The van der Waals surface area contributed by atoms with Crippen LogP contribution in [0.25, 0.3) is 0 Å². The highest BCUT2D eigenvalue weighted by Gasteiger charge is 2.38. The van der Waals surface area contributed by atoms with Crippen LogP contribution in [0.2, 0.25) is 0 Å². The maximum absolute atomic E-state index is 12.9. The first-order valence-electron chi connectivity index (χ1n) is 7.79. The number of ether oxygens (including phenoxy) is 1. The topological polar surface area (TPSA) is 66.9 Å². The molecule has 0 spiro atoms. The van der Waals surface area contributed by atoms with E-state index in [1.165, 1.54) is 11.4 Å². The highest BCUT2D eigenvalue weighted by molar-refractivity contribution is 7.86. The van der Waals surface area contributed by atoms with E-state index in [1.54, 1.807) is 4.31 Å². The third kappa shape index (κ3) is 3.96. The van der Waals surface area contributed by atoms with Gasteiger partial charge in [-0.2, -0.15) is 17.0 Å². The average Bonchev–Trinajstić information content (AvgIpc) is 2.98. The molecule has 0 radical (unpaired) electrons. The Morgan fingerprint density at radius 1 is 1.24 bits per heavy atom. The predicted molar refractivity (Wildman–Crippen MR) is 79.9 cm³/mol. The van der Waals surface area contributed by atoms with Crippen LogP contribution in [0.15, 0.2) is 0 Å². The van der Waals surface area contributed by atoms with Gasteiger partial charge in [-0.3, -0.25) is 4.79 Å². The Morgan fingerprint density at radius 2 is 1.90 bits per heavy atom. The number of carbonyl (C=O) groups is 1. The average molecular weight is 318 g/mol. The lowest BCUT2D eigenvalue weighted by atomic mass is 10.0. The molecule has 0 amide bonds. The molecule has 2 fully saturated rings. The summed E-state index contributed by atoms with van der Waals surface area (Å²) in [4.78, 5) is 11.6. The summed E-state index contributed by atoms with van der Waals surface area (Å²) in [5, 5.41) is 0. The summed E-state index contributed by atoms with van der Waals surface area (Å²) >= 11 is 0. The monoisotopic (exact) mass is 318 g/mol. The van der Waals surface area contributed by atoms with Gasteiger partial charge in [0.05, 0.1) is 7.11 Å². The minimum atomic E-state index is -3.58. The van der Waals surface area contributed by atoms with Crippen LogP contribution in [0, 0.1) is 5.92 Å². The second-order valence-corrected chi connectivity index (χ2v) is 8.05. The summed E-state index contributed by atoms with van der Waals surface area (Å²) in [5.74, 6) is -0.118. The molecule has 1 heterocycles. The normalized spacial score (nSPS) is 25.4. The van der Waals surface area contributed by atoms with Crippen LogP contribution >= 0.6 is 0 Å².